The molecule has 5 aromatic rings. The molecule has 0 N–H and O–H groups in total. The van der Waals surface area contributed by atoms with E-state index in [1.807, 2.05) is 0 Å². The molecular formula is C27H21ClNO4PSe. The van der Waals surface area contributed by atoms with Crippen LogP contribution in [0.2, 0.25) is 0 Å². The van der Waals surface area contributed by atoms with Crippen molar-refractivity contribution in [3.63, 3.8) is 0 Å². The van der Waals surface area contributed by atoms with Crippen molar-refractivity contribution in [3.8, 4) is 10.1 Å². The molecule has 0 spiro atoms. The predicted molar refractivity (Wildman–Crippen MR) is 131 cm³/mol. The van der Waals surface area contributed by atoms with Gasteiger partial charge in [0.25, 0.3) is 0 Å². The number of nitrogens with zero attached hydrogens (tertiary/aromatic N) is 1. The van der Waals surface area contributed by atoms with Gasteiger partial charge in [-0.3, -0.25) is 0 Å². The van der Waals surface area contributed by atoms with Gasteiger partial charge in [-0.25, -0.2) is 18.6 Å². The minimum absolute atomic E-state index is 0.222. The molecule has 1 aromatic heterocycles. The first-order valence-electron chi connectivity index (χ1n) is 10.6. The Labute approximate surface area is 212 Å². The molecule has 1 heterocycles. The molecule has 0 bridgehead atoms. The van der Waals surface area contributed by atoms with Crippen molar-refractivity contribution in [2.24, 2.45) is 0 Å². The van der Waals surface area contributed by atoms with Gasteiger partial charge in [-0.05, 0) is 0 Å². The van der Waals surface area contributed by atoms with E-state index in [4.69, 9.17) is 23.6 Å². The average Bonchev–Trinajstić information content (AvgIpc) is 3.37. The molecule has 0 saturated heterocycles. The van der Waals surface area contributed by atoms with Crippen LogP contribution in [0.15, 0.2) is 126 Å². The number of hydrogen-bond donors (Lipinski definition) is 0. The molecule has 0 aliphatic carbocycles. The summed E-state index contributed by atoms with van der Waals surface area (Å²) < 4.78 is 35.2. The Balaban J connectivity index is 0.000000527. The first-order valence-corrected chi connectivity index (χ1v) is 15.4. The van der Waals surface area contributed by atoms with Gasteiger partial charge in [-0.15, -0.1) is 10.2 Å². The Morgan fingerprint density at radius 1 is 0.543 bits per heavy atom. The number of aromatic nitrogens is 1. The normalized spacial score (nSPS) is 11.4. The number of benzene rings is 4. The molecule has 0 fully saturated rings. The summed E-state index contributed by atoms with van der Waals surface area (Å²) >= 11 is 0.222. The SMILES string of the molecule is [O-][Cl+3]([O-])([O-])[O-].c1ccc(-c2nc([P+](c3ccccc3)(c3ccccc3)c3ccccc3)c[se]2)cc1. The summed E-state index contributed by atoms with van der Waals surface area (Å²) in [6, 6.07) is 43.5. The van der Waals surface area contributed by atoms with E-state index < -0.39 is 17.5 Å². The molecule has 0 aliphatic heterocycles. The van der Waals surface area contributed by atoms with E-state index in [1.165, 1.54) is 31.5 Å². The van der Waals surface area contributed by atoms with Gasteiger partial charge in [0.15, 0.2) is 0 Å². The Hall–Kier alpha value is -2.63. The topological polar surface area (TPSA) is 105 Å². The zero-order valence-corrected chi connectivity index (χ0v) is 21.8. The second-order valence-electron chi connectivity index (χ2n) is 7.43. The van der Waals surface area contributed by atoms with E-state index in [9.17, 15) is 0 Å². The van der Waals surface area contributed by atoms with Crippen molar-refractivity contribution in [3.05, 3.63) is 126 Å². The van der Waals surface area contributed by atoms with Crippen molar-refractivity contribution < 1.29 is 28.9 Å². The minimum atomic E-state index is -4.94. The molecule has 0 aliphatic rings. The molecule has 0 saturated carbocycles. The van der Waals surface area contributed by atoms with Crippen LogP contribution in [0.5, 0.6) is 0 Å². The Bertz CT molecular complexity index is 1230. The van der Waals surface area contributed by atoms with Crippen molar-refractivity contribution in [2.45, 2.75) is 0 Å². The molecular weight excluding hydrogens is 548 g/mol. The van der Waals surface area contributed by atoms with Crippen LogP contribution in [0.3, 0.4) is 0 Å². The standard InChI is InChI=1S/C27H21NPSe.ClHO4/c1-5-13-22(14-6-1)27-28-26(21-30-27)29(23-15-7-2-8-16-23,24-17-9-3-10-18-24)25-19-11-4-12-20-25;2-1(3,4)5/h1-21H;(H,2,3,4,5)/q+1;/p-1. The van der Waals surface area contributed by atoms with Crippen LogP contribution in [-0.2, 0) is 0 Å². The van der Waals surface area contributed by atoms with Gasteiger partial charge in [-0.1, -0.05) is 0 Å². The Morgan fingerprint density at radius 2 is 0.886 bits per heavy atom. The summed E-state index contributed by atoms with van der Waals surface area (Å²) in [5, 5.41) is 4.05. The van der Waals surface area contributed by atoms with Crippen LogP contribution in [0, 0.1) is 10.2 Å². The van der Waals surface area contributed by atoms with Crippen LogP contribution in [-0.4, -0.2) is 19.5 Å². The summed E-state index contributed by atoms with van der Waals surface area (Å²) in [6.07, 6.45) is 0. The van der Waals surface area contributed by atoms with Crippen molar-refractivity contribution in [2.75, 3.05) is 0 Å². The van der Waals surface area contributed by atoms with Crippen LogP contribution in [0.25, 0.3) is 10.1 Å². The number of hydrogen-bond acceptors (Lipinski definition) is 5. The quantitative estimate of drug-likeness (QED) is 0.213. The van der Waals surface area contributed by atoms with Crippen molar-refractivity contribution >= 4 is 43.1 Å². The van der Waals surface area contributed by atoms with Crippen molar-refractivity contribution in [1.29, 1.82) is 0 Å². The predicted octanol–water partition coefficient (Wildman–Crippen LogP) is -0.331. The Kier molecular flexibility index (Phi) is 8.30. The number of halogens is 1. The van der Waals surface area contributed by atoms with Gasteiger partial charge >= 0.3 is 184 Å². The maximum atomic E-state index is 8.49. The zero-order chi connectivity index (χ0) is 24.7. The van der Waals surface area contributed by atoms with Crippen LogP contribution < -0.4 is 40.0 Å². The van der Waals surface area contributed by atoms with Gasteiger partial charge in [-0.2, -0.15) is 0 Å². The van der Waals surface area contributed by atoms with Gasteiger partial charge < -0.3 is 0 Å². The van der Waals surface area contributed by atoms with E-state index >= 15 is 0 Å². The summed E-state index contributed by atoms with van der Waals surface area (Å²) in [5.74, 6) is 0. The van der Waals surface area contributed by atoms with Crippen LogP contribution in [0.1, 0.15) is 0 Å². The molecule has 176 valence electrons. The first-order chi connectivity index (χ1) is 16.9. The molecule has 4 aromatic carbocycles. The van der Waals surface area contributed by atoms with Gasteiger partial charge in [0.1, 0.15) is 0 Å². The average molecular weight is 569 g/mol. The summed E-state index contributed by atoms with van der Waals surface area (Å²) in [6.45, 7) is 0. The maximum absolute atomic E-state index is 8.49. The second kappa shape index (κ2) is 11.4. The number of rotatable bonds is 5. The third-order valence-electron chi connectivity index (χ3n) is 5.29. The fourth-order valence-corrected chi connectivity index (χ4v) is 10.8. The Morgan fingerprint density at radius 3 is 1.26 bits per heavy atom. The molecule has 35 heavy (non-hydrogen) atoms. The third kappa shape index (κ3) is 6.14. The summed E-state index contributed by atoms with van der Waals surface area (Å²) in [4.78, 5) is 7.73. The molecule has 5 rings (SSSR count). The monoisotopic (exact) mass is 569 g/mol. The fourth-order valence-electron chi connectivity index (χ4n) is 3.93. The summed E-state index contributed by atoms with van der Waals surface area (Å²) in [5.41, 5.74) is 2.46. The third-order valence-corrected chi connectivity index (χ3v) is 11.7. The van der Waals surface area contributed by atoms with Gasteiger partial charge in [0.2, 0.25) is 0 Å². The molecule has 5 nitrogen and oxygen atoms in total. The van der Waals surface area contributed by atoms with E-state index in [1.54, 1.807) is 0 Å². The van der Waals surface area contributed by atoms with E-state index in [-0.39, 0.29) is 14.5 Å². The molecule has 0 atom stereocenters. The van der Waals surface area contributed by atoms with Gasteiger partial charge in [0, 0.05) is 0 Å². The molecule has 0 radical (unpaired) electrons. The summed E-state index contributed by atoms with van der Waals surface area (Å²) in [7, 11) is -7.01. The molecule has 0 unspecified atom stereocenters. The van der Waals surface area contributed by atoms with Gasteiger partial charge in [0.05, 0.1) is 0 Å². The van der Waals surface area contributed by atoms with Crippen molar-refractivity contribution in [1.82, 2.24) is 4.98 Å². The zero-order valence-electron chi connectivity index (χ0n) is 18.4. The van der Waals surface area contributed by atoms with Crippen LogP contribution >= 0.6 is 7.26 Å². The van der Waals surface area contributed by atoms with E-state index in [2.05, 4.69) is 126 Å². The fraction of sp³-hybridized carbons (Fsp3) is 0. The van der Waals surface area contributed by atoms with Crippen LogP contribution in [0.4, 0.5) is 0 Å². The van der Waals surface area contributed by atoms with E-state index in [0.717, 1.165) is 0 Å². The second-order valence-corrected chi connectivity index (χ2v) is 13.3. The van der Waals surface area contributed by atoms with E-state index in [0.29, 0.717) is 0 Å². The first kappa shape index (κ1) is 25.5. The molecule has 0 amide bonds. The molecule has 8 heteroatoms.